The fourth-order valence-corrected chi connectivity index (χ4v) is 1.54. The van der Waals surface area contributed by atoms with E-state index in [1.165, 1.54) is 12.3 Å². The lowest BCUT2D eigenvalue weighted by Gasteiger charge is -2.10. The third-order valence-electron chi connectivity index (χ3n) is 2.18. The van der Waals surface area contributed by atoms with Gasteiger partial charge in [-0.05, 0) is 36.7 Å². The minimum absolute atomic E-state index is 0.0872. The molecule has 1 unspecified atom stereocenters. The van der Waals surface area contributed by atoms with Crippen LogP contribution in [-0.2, 0) is 0 Å². The van der Waals surface area contributed by atoms with Crippen molar-refractivity contribution in [3.63, 3.8) is 0 Å². The van der Waals surface area contributed by atoms with E-state index in [9.17, 15) is 4.79 Å². The number of rotatable bonds is 3. The number of nitrogens with one attached hydrogen (secondary N) is 1. The molecule has 84 valence electrons. The van der Waals surface area contributed by atoms with Crippen LogP contribution < -0.4 is 5.32 Å². The molecule has 0 aliphatic rings. The van der Waals surface area contributed by atoms with Crippen molar-refractivity contribution in [3.05, 3.63) is 47.3 Å². The van der Waals surface area contributed by atoms with Crippen molar-refractivity contribution in [2.45, 2.75) is 13.0 Å². The normalized spacial score (nSPS) is 12.4. The van der Waals surface area contributed by atoms with Gasteiger partial charge in [0.05, 0.1) is 24.1 Å². The van der Waals surface area contributed by atoms with Crippen LogP contribution in [0.2, 0.25) is 5.22 Å². The lowest BCUT2D eigenvalue weighted by Crippen LogP contribution is -2.26. The Bertz CT molecular complexity index is 475. The number of amides is 1. The highest BCUT2D eigenvalue weighted by Gasteiger charge is 2.17. The third-order valence-corrected chi connectivity index (χ3v) is 2.47. The molecule has 5 heteroatoms. The van der Waals surface area contributed by atoms with Crippen LogP contribution in [0.25, 0.3) is 0 Å². The molecule has 0 saturated carbocycles. The zero-order valence-corrected chi connectivity index (χ0v) is 9.32. The molecule has 1 amide bonds. The maximum atomic E-state index is 11.7. The molecule has 1 atom stereocenters. The van der Waals surface area contributed by atoms with Crippen LogP contribution in [0.5, 0.6) is 0 Å². The van der Waals surface area contributed by atoms with Crippen LogP contribution in [-0.4, -0.2) is 5.91 Å². The van der Waals surface area contributed by atoms with Gasteiger partial charge < -0.3 is 14.2 Å². The highest BCUT2D eigenvalue weighted by molar-refractivity contribution is 6.32. The van der Waals surface area contributed by atoms with Gasteiger partial charge in [0.25, 0.3) is 5.91 Å². The van der Waals surface area contributed by atoms with Gasteiger partial charge in [0.15, 0.2) is 0 Å². The Morgan fingerprint density at radius 3 is 2.75 bits per heavy atom. The largest absolute Gasteiger partial charge is 0.467 e. The topological polar surface area (TPSA) is 55.4 Å². The van der Waals surface area contributed by atoms with Gasteiger partial charge in [-0.15, -0.1) is 0 Å². The first-order chi connectivity index (χ1) is 7.68. The Labute approximate surface area is 97.2 Å². The number of hydrogen-bond donors (Lipinski definition) is 1. The molecule has 0 radical (unpaired) electrons. The summed E-state index contributed by atoms with van der Waals surface area (Å²) in [5.74, 6) is 0.399. The van der Waals surface area contributed by atoms with Gasteiger partial charge in [0, 0.05) is 0 Å². The molecule has 0 bridgehead atoms. The monoisotopic (exact) mass is 239 g/mol. The van der Waals surface area contributed by atoms with Crippen molar-refractivity contribution >= 4 is 17.5 Å². The van der Waals surface area contributed by atoms with E-state index < -0.39 is 0 Å². The van der Waals surface area contributed by atoms with E-state index in [1.54, 1.807) is 18.4 Å². The molecule has 2 aromatic rings. The van der Waals surface area contributed by atoms with Crippen LogP contribution >= 0.6 is 11.6 Å². The highest BCUT2D eigenvalue weighted by atomic mass is 35.5. The van der Waals surface area contributed by atoms with Crippen LogP contribution in [0.15, 0.2) is 39.6 Å². The third kappa shape index (κ3) is 2.12. The Hall–Kier alpha value is -1.68. The summed E-state index contributed by atoms with van der Waals surface area (Å²) in [7, 11) is 0. The Kier molecular flexibility index (Phi) is 3.01. The summed E-state index contributed by atoms with van der Waals surface area (Å²) in [4.78, 5) is 11.7. The van der Waals surface area contributed by atoms with Gasteiger partial charge in [-0.2, -0.15) is 0 Å². The lowest BCUT2D eigenvalue weighted by atomic mass is 10.2. The smallest absolute Gasteiger partial charge is 0.256 e. The van der Waals surface area contributed by atoms with Gasteiger partial charge in [-0.1, -0.05) is 0 Å². The van der Waals surface area contributed by atoms with Crippen molar-refractivity contribution < 1.29 is 13.6 Å². The van der Waals surface area contributed by atoms with Gasteiger partial charge >= 0.3 is 0 Å². The van der Waals surface area contributed by atoms with E-state index in [4.69, 9.17) is 20.4 Å². The second-order valence-electron chi connectivity index (χ2n) is 3.32. The number of carbonyl (C=O) groups excluding carboxylic acids is 1. The number of furan rings is 2. The first kappa shape index (κ1) is 10.8. The fraction of sp³-hybridized carbons (Fsp3) is 0.182. The Morgan fingerprint density at radius 1 is 1.38 bits per heavy atom. The summed E-state index contributed by atoms with van der Waals surface area (Å²) in [6, 6.07) is 4.87. The number of halogens is 1. The average Bonchev–Trinajstić information content (AvgIpc) is 2.86. The van der Waals surface area contributed by atoms with E-state index in [0.29, 0.717) is 11.3 Å². The Balaban J connectivity index is 2.06. The molecule has 2 aromatic heterocycles. The van der Waals surface area contributed by atoms with Crippen molar-refractivity contribution in [1.29, 1.82) is 0 Å². The minimum Gasteiger partial charge on any atom is -0.467 e. The molecule has 0 spiro atoms. The van der Waals surface area contributed by atoms with Crippen molar-refractivity contribution in [2.75, 3.05) is 0 Å². The average molecular weight is 240 g/mol. The molecule has 0 fully saturated rings. The summed E-state index contributed by atoms with van der Waals surface area (Å²) in [5, 5.41) is 2.84. The van der Waals surface area contributed by atoms with E-state index >= 15 is 0 Å². The summed E-state index contributed by atoms with van der Waals surface area (Å²) in [6.45, 7) is 1.82. The molecule has 0 aromatic carbocycles. The highest BCUT2D eigenvalue weighted by Crippen LogP contribution is 2.18. The van der Waals surface area contributed by atoms with Gasteiger partial charge in [0.2, 0.25) is 5.22 Å². The maximum absolute atomic E-state index is 11.7. The molecule has 1 N–H and O–H groups in total. The van der Waals surface area contributed by atoms with Crippen molar-refractivity contribution in [1.82, 2.24) is 5.32 Å². The molecule has 0 aliphatic heterocycles. The minimum atomic E-state index is -0.289. The van der Waals surface area contributed by atoms with Crippen molar-refractivity contribution in [3.8, 4) is 0 Å². The number of hydrogen-bond acceptors (Lipinski definition) is 3. The fourth-order valence-electron chi connectivity index (χ4n) is 1.34. The van der Waals surface area contributed by atoms with Crippen LogP contribution in [0.1, 0.15) is 29.1 Å². The quantitative estimate of drug-likeness (QED) is 0.896. The van der Waals surface area contributed by atoms with Crippen LogP contribution in [0.3, 0.4) is 0 Å². The van der Waals surface area contributed by atoms with Gasteiger partial charge in [-0.3, -0.25) is 4.79 Å². The lowest BCUT2D eigenvalue weighted by molar-refractivity contribution is 0.0935. The molecule has 0 aliphatic carbocycles. The standard InChI is InChI=1S/C11H10ClNO3/c1-7(9-3-2-5-15-9)13-11(14)8-4-6-16-10(8)12/h2-7H,1H3,(H,13,14). The summed E-state index contributed by atoms with van der Waals surface area (Å²) < 4.78 is 10.0. The molecule has 4 nitrogen and oxygen atoms in total. The molecular weight excluding hydrogens is 230 g/mol. The number of carbonyl (C=O) groups is 1. The van der Waals surface area contributed by atoms with Crippen molar-refractivity contribution in [2.24, 2.45) is 0 Å². The second kappa shape index (κ2) is 4.45. The van der Waals surface area contributed by atoms with E-state index in [0.717, 1.165) is 0 Å². The first-order valence-corrected chi connectivity index (χ1v) is 5.13. The van der Waals surface area contributed by atoms with E-state index in [1.807, 2.05) is 6.92 Å². The summed E-state index contributed by atoms with van der Waals surface area (Å²) in [5.41, 5.74) is 0.320. The predicted molar refractivity (Wildman–Crippen MR) is 58.3 cm³/mol. The maximum Gasteiger partial charge on any atom is 0.256 e. The van der Waals surface area contributed by atoms with Gasteiger partial charge in [-0.25, -0.2) is 0 Å². The molecular formula is C11H10ClNO3. The predicted octanol–water partition coefficient (Wildman–Crippen LogP) is 3.02. The molecule has 0 saturated heterocycles. The zero-order valence-electron chi connectivity index (χ0n) is 8.57. The molecule has 2 heterocycles. The second-order valence-corrected chi connectivity index (χ2v) is 3.66. The van der Waals surface area contributed by atoms with Crippen LogP contribution in [0.4, 0.5) is 0 Å². The van der Waals surface area contributed by atoms with E-state index in [-0.39, 0.29) is 17.2 Å². The summed E-state index contributed by atoms with van der Waals surface area (Å²) in [6.07, 6.45) is 2.93. The first-order valence-electron chi connectivity index (χ1n) is 4.75. The SMILES string of the molecule is CC(NC(=O)c1ccoc1Cl)c1ccco1. The van der Waals surface area contributed by atoms with Crippen LogP contribution in [0, 0.1) is 0 Å². The summed E-state index contributed by atoms with van der Waals surface area (Å²) >= 11 is 5.69. The molecule has 2 rings (SSSR count). The Morgan fingerprint density at radius 2 is 2.19 bits per heavy atom. The van der Waals surface area contributed by atoms with E-state index in [2.05, 4.69) is 5.32 Å². The molecule has 16 heavy (non-hydrogen) atoms. The van der Waals surface area contributed by atoms with Gasteiger partial charge in [0.1, 0.15) is 5.76 Å². The zero-order chi connectivity index (χ0) is 11.5.